The Kier molecular flexibility index (Phi) is 3.33. The molecule has 0 bridgehead atoms. The van der Waals surface area contributed by atoms with Crippen LogP contribution in [-0.4, -0.2) is 23.6 Å². The SMILES string of the molecule is CC1C(c2ccccc2)=NN(C)N=C1c1ccccc1. The van der Waals surface area contributed by atoms with Gasteiger partial charge in [-0.1, -0.05) is 67.6 Å². The maximum atomic E-state index is 4.57. The molecule has 1 aliphatic rings. The minimum atomic E-state index is 0.177. The minimum absolute atomic E-state index is 0.177. The Bertz CT molecular complexity index is 587. The third kappa shape index (κ3) is 2.35. The van der Waals surface area contributed by atoms with E-state index >= 15 is 0 Å². The van der Waals surface area contributed by atoms with Crippen molar-refractivity contribution in [1.29, 1.82) is 0 Å². The van der Waals surface area contributed by atoms with Crippen LogP contribution in [-0.2, 0) is 0 Å². The summed E-state index contributed by atoms with van der Waals surface area (Å²) < 4.78 is 0. The van der Waals surface area contributed by atoms with Crippen LogP contribution in [0.2, 0.25) is 0 Å². The first-order valence-corrected chi connectivity index (χ1v) is 6.77. The summed E-state index contributed by atoms with van der Waals surface area (Å²) in [6.07, 6.45) is 0. The standard InChI is InChI=1S/C17H17N3/c1-13-16(14-9-5-3-6-10-14)18-20(2)19-17(13)15-11-7-4-8-12-15/h3-13H,1-2H3. The van der Waals surface area contributed by atoms with E-state index in [1.54, 1.807) is 5.12 Å². The topological polar surface area (TPSA) is 28.0 Å². The van der Waals surface area contributed by atoms with Gasteiger partial charge in [0.05, 0.1) is 11.4 Å². The normalized spacial score (nSPS) is 15.8. The van der Waals surface area contributed by atoms with Crippen LogP contribution in [0.4, 0.5) is 0 Å². The van der Waals surface area contributed by atoms with Crippen molar-refractivity contribution in [3.63, 3.8) is 0 Å². The van der Waals surface area contributed by atoms with E-state index < -0.39 is 0 Å². The molecule has 0 saturated carbocycles. The molecule has 1 aliphatic heterocycles. The number of hydrogen-bond acceptors (Lipinski definition) is 3. The maximum absolute atomic E-state index is 4.57. The van der Waals surface area contributed by atoms with Gasteiger partial charge < -0.3 is 0 Å². The zero-order valence-electron chi connectivity index (χ0n) is 11.7. The first-order valence-electron chi connectivity index (χ1n) is 6.77. The fourth-order valence-electron chi connectivity index (χ4n) is 2.47. The highest BCUT2D eigenvalue weighted by Crippen LogP contribution is 2.21. The molecule has 1 heterocycles. The largest absolute Gasteiger partial charge is 0.188 e. The molecule has 0 aliphatic carbocycles. The second kappa shape index (κ2) is 5.29. The summed E-state index contributed by atoms with van der Waals surface area (Å²) in [5.41, 5.74) is 4.41. The Morgan fingerprint density at radius 2 is 1.15 bits per heavy atom. The summed E-state index contributed by atoms with van der Waals surface area (Å²) in [5, 5.41) is 10.8. The molecule has 0 radical (unpaired) electrons. The first-order chi connectivity index (χ1) is 9.75. The first kappa shape index (κ1) is 12.6. The van der Waals surface area contributed by atoms with Gasteiger partial charge in [0.15, 0.2) is 0 Å². The van der Waals surface area contributed by atoms with Crippen molar-refractivity contribution in [2.24, 2.45) is 16.1 Å². The van der Waals surface area contributed by atoms with Crippen LogP contribution < -0.4 is 0 Å². The van der Waals surface area contributed by atoms with Crippen molar-refractivity contribution in [3.05, 3.63) is 71.8 Å². The molecule has 100 valence electrons. The van der Waals surface area contributed by atoms with Crippen LogP contribution in [0.25, 0.3) is 0 Å². The van der Waals surface area contributed by atoms with Crippen molar-refractivity contribution in [2.75, 3.05) is 7.05 Å². The molecule has 0 spiro atoms. The number of hydrazone groups is 2. The molecule has 0 amide bonds. The number of nitrogens with zero attached hydrogens (tertiary/aromatic N) is 3. The van der Waals surface area contributed by atoms with Crippen LogP contribution in [0.5, 0.6) is 0 Å². The van der Waals surface area contributed by atoms with Gasteiger partial charge in [-0.05, 0) is 11.1 Å². The average Bonchev–Trinajstić information content (AvgIpc) is 2.51. The molecule has 0 atom stereocenters. The quantitative estimate of drug-likeness (QED) is 0.816. The van der Waals surface area contributed by atoms with E-state index in [-0.39, 0.29) is 5.92 Å². The predicted molar refractivity (Wildman–Crippen MR) is 82.9 cm³/mol. The van der Waals surface area contributed by atoms with Gasteiger partial charge in [0.2, 0.25) is 0 Å². The Hall–Kier alpha value is -2.42. The Balaban J connectivity index is 2.00. The van der Waals surface area contributed by atoms with Gasteiger partial charge in [0.1, 0.15) is 0 Å². The van der Waals surface area contributed by atoms with Crippen LogP contribution >= 0.6 is 0 Å². The molecule has 20 heavy (non-hydrogen) atoms. The van der Waals surface area contributed by atoms with Gasteiger partial charge in [0.25, 0.3) is 0 Å². The molecule has 0 fully saturated rings. The summed E-state index contributed by atoms with van der Waals surface area (Å²) >= 11 is 0. The molecule has 3 nitrogen and oxygen atoms in total. The lowest BCUT2D eigenvalue weighted by Crippen LogP contribution is -2.31. The molecule has 3 heteroatoms. The van der Waals surface area contributed by atoms with Crippen molar-refractivity contribution < 1.29 is 0 Å². The monoisotopic (exact) mass is 263 g/mol. The molecule has 2 aromatic carbocycles. The highest BCUT2D eigenvalue weighted by Gasteiger charge is 2.24. The summed E-state index contributed by atoms with van der Waals surface area (Å²) in [6.45, 7) is 2.16. The lowest BCUT2D eigenvalue weighted by Gasteiger charge is -2.25. The molecular formula is C17H17N3. The minimum Gasteiger partial charge on any atom is -0.188 e. The molecule has 3 rings (SSSR count). The fraction of sp³-hybridized carbons (Fsp3) is 0.176. The lowest BCUT2D eigenvalue weighted by molar-refractivity contribution is 0.367. The van der Waals surface area contributed by atoms with Gasteiger partial charge >= 0.3 is 0 Å². The number of rotatable bonds is 2. The van der Waals surface area contributed by atoms with E-state index in [4.69, 9.17) is 0 Å². The van der Waals surface area contributed by atoms with Crippen LogP contribution in [0.1, 0.15) is 18.1 Å². The number of benzene rings is 2. The third-order valence-electron chi connectivity index (χ3n) is 3.46. The molecule has 0 aromatic heterocycles. The highest BCUT2D eigenvalue weighted by atomic mass is 15.7. The van der Waals surface area contributed by atoms with Crippen LogP contribution in [0.15, 0.2) is 70.9 Å². The van der Waals surface area contributed by atoms with E-state index in [2.05, 4.69) is 41.4 Å². The van der Waals surface area contributed by atoms with Gasteiger partial charge in [-0.15, -0.1) is 0 Å². The molecule has 0 unspecified atom stereocenters. The van der Waals surface area contributed by atoms with Gasteiger partial charge in [-0.25, -0.2) is 0 Å². The van der Waals surface area contributed by atoms with Crippen molar-refractivity contribution in [3.8, 4) is 0 Å². The molecule has 0 saturated heterocycles. The molecule has 2 aromatic rings. The van der Waals surface area contributed by atoms with E-state index in [0.717, 1.165) is 22.6 Å². The van der Waals surface area contributed by atoms with Crippen molar-refractivity contribution >= 4 is 11.4 Å². The molecule has 0 N–H and O–H groups in total. The lowest BCUT2D eigenvalue weighted by atomic mass is 9.90. The summed E-state index contributed by atoms with van der Waals surface area (Å²) in [7, 11) is 1.87. The predicted octanol–water partition coefficient (Wildman–Crippen LogP) is 3.38. The van der Waals surface area contributed by atoms with Gasteiger partial charge in [-0.3, -0.25) is 0 Å². The summed E-state index contributed by atoms with van der Waals surface area (Å²) in [4.78, 5) is 0. The Labute approximate surface area is 119 Å². The van der Waals surface area contributed by atoms with E-state index in [1.165, 1.54) is 0 Å². The second-order valence-electron chi connectivity index (χ2n) is 4.91. The van der Waals surface area contributed by atoms with Crippen molar-refractivity contribution in [2.45, 2.75) is 6.92 Å². The van der Waals surface area contributed by atoms with Crippen molar-refractivity contribution in [1.82, 2.24) is 5.12 Å². The highest BCUT2D eigenvalue weighted by molar-refractivity contribution is 6.20. The third-order valence-corrected chi connectivity index (χ3v) is 3.46. The summed E-state index contributed by atoms with van der Waals surface area (Å²) in [6, 6.07) is 20.6. The van der Waals surface area contributed by atoms with Gasteiger partial charge in [-0.2, -0.15) is 15.3 Å². The summed E-state index contributed by atoms with van der Waals surface area (Å²) in [5.74, 6) is 0.177. The van der Waals surface area contributed by atoms with Crippen LogP contribution in [0.3, 0.4) is 0 Å². The van der Waals surface area contributed by atoms with E-state index in [9.17, 15) is 0 Å². The Morgan fingerprint density at radius 1 is 0.750 bits per heavy atom. The average molecular weight is 263 g/mol. The Morgan fingerprint density at radius 3 is 1.55 bits per heavy atom. The van der Waals surface area contributed by atoms with E-state index in [1.807, 2.05) is 43.4 Å². The van der Waals surface area contributed by atoms with Crippen LogP contribution in [0, 0.1) is 5.92 Å². The van der Waals surface area contributed by atoms with E-state index in [0.29, 0.717) is 0 Å². The zero-order valence-corrected chi connectivity index (χ0v) is 11.7. The number of hydrogen-bond donors (Lipinski definition) is 0. The molecular weight excluding hydrogens is 246 g/mol. The van der Waals surface area contributed by atoms with Gasteiger partial charge in [0, 0.05) is 13.0 Å². The smallest absolute Gasteiger partial charge is 0.0787 e. The maximum Gasteiger partial charge on any atom is 0.0787 e. The fourth-order valence-corrected chi connectivity index (χ4v) is 2.47. The zero-order chi connectivity index (χ0) is 13.9. The second-order valence-corrected chi connectivity index (χ2v) is 4.91.